The van der Waals surface area contributed by atoms with Crippen molar-refractivity contribution in [3.8, 4) is 0 Å². The lowest BCUT2D eigenvalue weighted by molar-refractivity contribution is 0.277. The van der Waals surface area contributed by atoms with Crippen LogP contribution in [0.4, 0.5) is 0 Å². The van der Waals surface area contributed by atoms with Gasteiger partial charge < -0.3 is 4.43 Å². The molecule has 0 aromatic heterocycles. The van der Waals surface area contributed by atoms with Crippen LogP contribution in [0.15, 0.2) is 48.6 Å². The summed E-state index contributed by atoms with van der Waals surface area (Å²) in [6.07, 6.45) is 24.3. The Kier molecular flexibility index (Phi) is 12.9. The van der Waals surface area contributed by atoms with Crippen molar-refractivity contribution >= 4 is 8.32 Å². The molecule has 0 heterocycles. The monoisotopic (exact) mass is 348 g/mol. The van der Waals surface area contributed by atoms with Crippen LogP contribution in [0.5, 0.6) is 0 Å². The number of unbranched alkanes of at least 4 members (excludes halogenated alkanes) is 4. The SMILES string of the molecule is CC\C=C/C=C\C=C/C=C/CCCCCCO[Si](C)(C)C(C)(C)C. The summed E-state index contributed by atoms with van der Waals surface area (Å²) in [5.74, 6) is 0. The molecule has 0 atom stereocenters. The van der Waals surface area contributed by atoms with E-state index >= 15 is 0 Å². The van der Waals surface area contributed by atoms with E-state index in [1.165, 1.54) is 32.1 Å². The minimum atomic E-state index is -1.54. The molecule has 2 heteroatoms. The quantitative estimate of drug-likeness (QED) is 0.200. The van der Waals surface area contributed by atoms with E-state index in [2.05, 4.69) is 89.4 Å². The van der Waals surface area contributed by atoms with E-state index in [0.717, 1.165) is 13.0 Å². The zero-order chi connectivity index (χ0) is 18.3. The molecule has 0 N–H and O–H groups in total. The summed E-state index contributed by atoms with van der Waals surface area (Å²) in [6.45, 7) is 14.7. The maximum atomic E-state index is 6.21. The smallest absolute Gasteiger partial charge is 0.191 e. The molecule has 0 spiro atoms. The normalized spacial score (nSPS) is 14.1. The van der Waals surface area contributed by atoms with Gasteiger partial charge in [-0.25, -0.2) is 0 Å². The van der Waals surface area contributed by atoms with Gasteiger partial charge in [-0.3, -0.25) is 0 Å². The Bertz CT molecular complexity index is 408. The van der Waals surface area contributed by atoms with E-state index < -0.39 is 8.32 Å². The first-order chi connectivity index (χ1) is 11.3. The fraction of sp³-hybridized carbons (Fsp3) is 0.636. The standard InChI is InChI=1S/C22H40OSi/c1-7-8-9-10-11-12-13-14-15-16-17-18-19-20-21-23-24(5,6)22(2,3)4/h8-15H,7,16-21H2,1-6H3/b9-8-,11-10-,13-12-,15-14+. The van der Waals surface area contributed by atoms with Gasteiger partial charge in [0.05, 0.1) is 0 Å². The molecule has 0 aliphatic rings. The van der Waals surface area contributed by atoms with Gasteiger partial charge in [-0.05, 0) is 43.8 Å². The lowest BCUT2D eigenvalue weighted by Crippen LogP contribution is -2.40. The highest BCUT2D eigenvalue weighted by molar-refractivity contribution is 6.74. The lowest BCUT2D eigenvalue weighted by Gasteiger charge is -2.36. The second-order valence-corrected chi connectivity index (χ2v) is 12.7. The van der Waals surface area contributed by atoms with Gasteiger partial charge in [-0.1, -0.05) is 89.1 Å². The average Bonchev–Trinajstić information content (AvgIpc) is 2.50. The van der Waals surface area contributed by atoms with E-state index in [1.807, 2.05) is 0 Å². The van der Waals surface area contributed by atoms with Crippen LogP contribution in [0, 0.1) is 0 Å². The minimum Gasteiger partial charge on any atom is -0.417 e. The Hall–Kier alpha value is -0.863. The highest BCUT2D eigenvalue weighted by Gasteiger charge is 2.36. The van der Waals surface area contributed by atoms with E-state index in [4.69, 9.17) is 4.43 Å². The van der Waals surface area contributed by atoms with Crippen molar-refractivity contribution in [3.05, 3.63) is 48.6 Å². The van der Waals surface area contributed by atoms with Crippen LogP contribution in [0.3, 0.4) is 0 Å². The highest BCUT2D eigenvalue weighted by atomic mass is 28.4. The van der Waals surface area contributed by atoms with Crippen molar-refractivity contribution in [2.24, 2.45) is 0 Å². The fourth-order valence-electron chi connectivity index (χ4n) is 1.91. The third-order valence-electron chi connectivity index (χ3n) is 4.60. The number of hydrogen-bond donors (Lipinski definition) is 0. The van der Waals surface area contributed by atoms with Crippen LogP contribution >= 0.6 is 0 Å². The molecule has 138 valence electrons. The van der Waals surface area contributed by atoms with Gasteiger partial charge in [0.15, 0.2) is 8.32 Å². The highest BCUT2D eigenvalue weighted by Crippen LogP contribution is 2.36. The number of rotatable bonds is 12. The molecule has 0 saturated carbocycles. The van der Waals surface area contributed by atoms with Gasteiger partial charge in [0.2, 0.25) is 0 Å². The van der Waals surface area contributed by atoms with Gasteiger partial charge in [-0.2, -0.15) is 0 Å². The topological polar surface area (TPSA) is 9.23 Å². The first-order valence-electron chi connectivity index (χ1n) is 9.60. The summed E-state index contributed by atoms with van der Waals surface area (Å²) in [7, 11) is -1.54. The molecule has 0 amide bonds. The molecule has 0 fully saturated rings. The molecule has 0 bridgehead atoms. The number of hydrogen-bond acceptors (Lipinski definition) is 1. The predicted molar refractivity (Wildman–Crippen MR) is 113 cm³/mol. The van der Waals surface area contributed by atoms with Crippen LogP contribution in [0.2, 0.25) is 18.1 Å². The summed E-state index contributed by atoms with van der Waals surface area (Å²) < 4.78 is 6.21. The van der Waals surface area contributed by atoms with E-state index in [0.29, 0.717) is 5.04 Å². The van der Waals surface area contributed by atoms with Crippen molar-refractivity contribution in [2.75, 3.05) is 6.61 Å². The summed E-state index contributed by atoms with van der Waals surface area (Å²) >= 11 is 0. The molecular weight excluding hydrogens is 308 g/mol. The van der Waals surface area contributed by atoms with Gasteiger partial charge in [-0.15, -0.1) is 0 Å². The molecular formula is C22H40OSi. The zero-order valence-corrected chi connectivity index (χ0v) is 18.0. The Morgan fingerprint density at radius 1 is 0.750 bits per heavy atom. The Morgan fingerprint density at radius 2 is 1.29 bits per heavy atom. The molecule has 0 aliphatic carbocycles. The summed E-state index contributed by atoms with van der Waals surface area (Å²) in [5, 5.41) is 0.326. The van der Waals surface area contributed by atoms with Gasteiger partial charge >= 0.3 is 0 Å². The summed E-state index contributed by atoms with van der Waals surface area (Å²) in [5.41, 5.74) is 0. The van der Waals surface area contributed by atoms with Crippen molar-refractivity contribution in [3.63, 3.8) is 0 Å². The maximum absolute atomic E-state index is 6.21. The van der Waals surface area contributed by atoms with Gasteiger partial charge in [0.25, 0.3) is 0 Å². The molecule has 0 rings (SSSR count). The molecule has 0 radical (unpaired) electrons. The van der Waals surface area contributed by atoms with E-state index in [9.17, 15) is 0 Å². The van der Waals surface area contributed by atoms with Crippen molar-refractivity contribution in [1.82, 2.24) is 0 Å². The fourth-order valence-corrected chi connectivity index (χ4v) is 3.00. The Balaban J connectivity index is 3.58. The third kappa shape index (κ3) is 12.5. The first-order valence-corrected chi connectivity index (χ1v) is 12.5. The van der Waals surface area contributed by atoms with Crippen LogP contribution < -0.4 is 0 Å². The maximum Gasteiger partial charge on any atom is 0.191 e. The molecule has 0 saturated heterocycles. The van der Waals surface area contributed by atoms with Crippen LogP contribution in [0.1, 0.15) is 66.2 Å². The van der Waals surface area contributed by atoms with Crippen LogP contribution in [0.25, 0.3) is 0 Å². The van der Waals surface area contributed by atoms with Gasteiger partial charge in [0.1, 0.15) is 0 Å². The second-order valence-electron chi connectivity index (χ2n) is 7.85. The summed E-state index contributed by atoms with van der Waals surface area (Å²) in [4.78, 5) is 0. The molecule has 1 nitrogen and oxygen atoms in total. The second kappa shape index (κ2) is 13.4. The average molecular weight is 349 g/mol. The minimum absolute atomic E-state index is 0.326. The van der Waals surface area contributed by atoms with Crippen LogP contribution in [-0.4, -0.2) is 14.9 Å². The third-order valence-corrected chi connectivity index (χ3v) is 9.14. The van der Waals surface area contributed by atoms with Crippen molar-refractivity contribution in [2.45, 2.75) is 84.4 Å². The van der Waals surface area contributed by atoms with Gasteiger partial charge in [0, 0.05) is 6.61 Å². The van der Waals surface area contributed by atoms with E-state index in [1.54, 1.807) is 0 Å². The molecule has 0 unspecified atom stereocenters. The molecule has 0 aliphatic heterocycles. The molecule has 0 aromatic rings. The van der Waals surface area contributed by atoms with E-state index in [-0.39, 0.29) is 0 Å². The molecule has 24 heavy (non-hydrogen) atoms. The number of allylic oxidation sites excluding steroid dienone is 8. The molecule has 0 aromatic carbocycles. The Labute approximate surface area is 152 Å². The Morgan fingerprint density at radius 3 is 1.88 bits per heavy atom. The van der Waals surface area contributed by atoms with Crippen molar-refractivity contribution in [1.29, 1.82) is 0 Å². The summed E-state index contributed by atoms with van der Waals surface area (Å²) in [6, 6.07) is 0. The zero-order valence-electron chi connectivity index (χ0n) is 17.0. The van der Waals surface area contributed by atoms with Crippen LogP contribution in [-0.2, 0) is 4.43 Å². The first kappa shape index (κ1) is 23.1. The predicted octanol–water partition coefficient (Wildman–Crippen LogP) is 7.59. The largest absolute Gasteiger partial charge is 0.417 e. The lowest BCUT2D eigenvalue weighted by atomic mass is 10.1. The van der Waals surface area contributed by atoms with Crippen molar-refractivity contribution < 1.29 is 4.43 Å².